The SMILES string of the molecule is O=C(c1ccc(O)c(O)c1O)c1c(O)c(C(=O)c2ccc(O)c(O)c2O)c(O)c(C(=O)c2ccc(O)c(O)c2O)c1O. The molecule has 0 saturated carbocycles. The van der Waals surface area contributed by atoms with Gasteiger partial charge >= 0.3 is 0 Å². The molecule has 0 aliphatic rings. The summed E-state index contributed by atoms with van der Waals surface area (Å²) < 4.78 is 0. The molecule has 0 heterocycles. The molecular formula is C27H18O15. The number of aromatic hydroxyl groups is 12. The molecule has 0 amide bonds. The van der Waals surface area contributed by atoms with Crippen LogP contribution in [0.1, 0.15) is 47.8 Å². The molecule has 0 aromatic heterocycles. The molecule has 15 nitrogen and oxygen atoms in total. The number of hydrogen-bond donors (Lipinski definition) is 12. The second-order valence-electron chi connectivity index (χ2n) is 8.65. The summed E-state index contributed by atoms with van der Waals surface area (Å²) in [6, 6.07) is 4.33. The third kappa shape index (κ3) is 4.13. The van der Waals surface area contributed by atoms with Gasteiger partial charge in [0.15, 0.2) is 34.5 Å². The third-order valence-corrected chi connectivity index (χ3v) is 6.23. The van der Waals surface area contributed by atoms with Crippen molar-refractivity contribution in [3.63, 3.8) is 0 Å². The highest BCUT2D eigenvalue weighted by atomic mass is 16.3. The van der Waals surface area contributed by atoms with E-state index in [0.29, 0.717) is 0 Å². The maximum Gasteiger partial charge on any atom is 0.204 e. The molecule has 0 fully saturated rings. The van der Waals surface area contributed by atoms with Crippen LogP contribution in [0.3, 0.4) is 0 Å². The van der Waals surface area contributed by atoms with Gasteiger partial charge in [-0.1, -0.05) is 0 Å². The molecule has 0 unspecified atom stereocenters. The average Bonchev–Trinajstić information content (AvgIpc) is 2.93. The van der Waals surface area contributed by atoms with E-state index in [-0.39, 0.29) is 0 Å². The number of benzene rings is 4. The Hall–Kier alpha value is -6.51. The van der Waals surface area contributed by atoms with E-state index in [1.807, 2.05) is 0 Å². The van der Waals surface area contributed by atoms with Crippen LogP contribution in [0.4, 0.5) is 0 Å². The Morgan fingerprint density at radius 2 is 0.524 bits per heavy atom. The Balaban J connectivity index is 2.10. The summed E-state index contributed by atoms with van der Waals surface area (Å²) in [5.74, 6) is -19.5. The fraction of sp³-hybridized carbons (Fsp3) is 0. The highest BCUT2D eigenvalue weighted by Crippen LogP contribution is 2.49. The van der Waals surface area contributed by atoms with Crippen LogP contribution in [0.15, 0.2) is 36.4 Å². The van der Waals surface area contributed by atoms with E-state index in [0.717, 1.165) is 36.4 Å². The van der Waals surface area contributed by atoms with Gasteiger partial charge in [-0.25, -0.2) is 0 Å². The van der Waals surface area contributed by atoms with E-state index in [2.05, 4.69) is 0 Å². The number of rotatable bonds is 6. The van der Waals surface area contributed by atoms with E-state index in [4.69, 9.17) is 0 Å². The normalized spacial score (nSPS) is 10.9. The van der Waals surface area contributed by atoms with Gasteiger partial charge in [-0.2, -0.15) is 0 Å². The van der Waals surface area contributed by atoms with Gasteiger partial charge in [-0.3, -0.25) is 14.4 Å². The minimum atomic E-state index is -1.60. The highest BCUT2D eigenvalue weighted by Gasteiger charge is 2.37. The molecule has 42 heavy (non-hydrogen) atoms. The summed E-state index contributed by atoms with van der Waals surface area (Å²) in [5.41, 5.74) is -6.80. The fourth-order valence-corrected chi connectivity index (χ4v) is 4.02. The molecule has 0 aliphatic carbocycles. The summed E-state index contributed by atoms with van der Waals surface area (Å²) in [6.45, 7) is 0. The molecule has 0 saturated heterocycles. The van der Waals surface area contributed by atoms with Gasteiger partial charge in [0.25, 0.3) is 0 Å². The van der Waals surface area contributed by atoms with Crippen molar-refractivity contribution >= 4 is 17.3 Å². The van der Waals surface area contributed by atoms with Crippen LogP contribution in [0.25, 0.3) is 0 Å². The van der Waals surface area contributed by atoms with Crippen LogP contribution in [0.5, 0.6) is 69.0 Å². The van der Waals surface area contributed by atoms with E-state index in [9.17, 15) is 75.7 Å². The second-order valence-corrected chi connectivity index (χ2v) is 8.65. The Morgan fingerprint density at radius 1 is 0.310 bits per heavy atom. The molecule has 0 spiro atoms. The Morgan fingerprint density at radius 3 is 0.738 bits per heavy atom. The van der Waals surface area contributed by atoms with Crippen molar-refractivity contribution < 1.29 is 75.7 Å². The molecule has 0 bridgehead atoms. The lowest BCUT2D eigenvalue weighted by Crippen LogP contribution is -2.13. The van der Waals surface area contributed by atoms with Crippen molar-refractivity contribution in [2.24, 2.45) is 0 Å². The van der Waals surface area contributed by atoms with Crippen LogP contribution in [0.2, 0.25) is 0 Å². The van der Waals surface area contributed by atoms with Crippen LogP contribution >= 0.6 is 0 Å². The summed E-state index contributed by atoms with van der Waals surface area (Å²) in [5, 5.41) is 122. The third-order valence-electron chi connectivity index (χ3n) is 6.23. The molecule has 4 aromatic carbocycles. The van der Waals surface area contributed by atoms with Gasteiger partial charge in [0.05, 0.1) is 16.7 Å². The highest BCUT2D eigenvalue weighted by molar-refractivity contribution is 6.25. The van der Waals surface area contributed by atoms with Crippen molar-refractivity contribution in [2.75, 3.05) is 0 Å². The maximum absolute atomic E-state index is 13.4. The molecule has 0 aliphatic heterocycles. The fourth-order valence-electron chi connectivity index (χ4n) is 4.02. The first-order valence-corrected chi connectivity index (χ1v) is 11.3. The first-order chi connectivity index (χ1) is 19.6. The predicted octanol–water partition coefficient (Wildman–Crippen LogP) is 1.85. The lowest BCUT2D eigenvalue weighted by Gasteiger charge is -2.18. The number of phenols is 12. The van der Waals surface area contributed by atoms with Crippen molar-refractivity contribution in [3.05, 3.63) is 69.8 Å². The molecule has 4 aromatic rings. The largest absolute Gasteiger partial charge is 0.506 e. The minimum Gasteiger partial charge on any atom is -0.506 e. The Labute approximate surface area is 232 Å². The zero-order valence-electron chi connectivity index (χ0n) is 20.6. The smallest absolute Gasteiger partial charge is 0.204 e. The summed E-state index contributed by atoms with van der Waals surface area (Å²) in [4.78, 5) is 40.2. The first-order valence-electron chi connectivity index (χ1n) is 11.3. The molecule has 0 radical (unpaired) electrons. The summed E-state index contributed by atoms with van der Waals surface area (Å²) >= 11 is 0. The quantitative estimate of drug-likeness (QED) is 0.114. The zero-order valence-corrected chi connectivity index (χ0v) is 20.6. The standard InChI is InChI=1S/C27H18O15/c28-10-4-1-7(19(34)22(10)37)16(31)13-25(40)14(17(32)8-2-5-11(29)23(38)20(8)35)27(42)15(26(13)41)18(33)9-3-6-12(30)24(39)21(9)36/h1-6,28-30,34-42H. The summed E-state index contributed by atoms with van der Waals surface area (Å²) in [6.07, 6.45) is 0. The molecule has 4 rings (SSSR count). The molecule has 216 valence electrons. The van der Waals surface area contributed by atoms with Crippen molar-refractivity contribution in [1.82, 2.24) is 0 Å². The number of ketones is 3. The van der Waals surface area contributed by atoms with Crippen LogP contribution in [0, 0.1) is 0 Å². The Bertz CT molecular complexity index is 1620. The van der Waals surface area contributed by atoms with Crippen LogP contribution in [-0.4, -0.2) is 78.6 Å². The maximum atomic E-state index is 13.4. The second kappa shape index (κ2) is 9.91. The first kappa shape index (κ1) is 28.5. The van der Waals surface area contributed by atoms with Gasteiger partial charge in [0.1, 0.15) is 33.9 Å². The van der Waals surface area contributed by atoms with Gasteiger partial charge in [-0.15, -0.1) is 0 Å². The van der Waals surface area contributed by atoms with Crippen molar-refractivity contribution in [1.29, 1.82) is 0 Å². The molecule has 0 atom stereocenters. The minimum absolute atomic E-state index is 0.717. The van der Waals surface area contributed by atoms with E-state index in [1.165, 1.54) is 0 Å². The molecular weight excluding hydrogens is 564 g/mol. The van der Waals surface area contributed by atoms with E-state index >= 15 is 0 Å². The number of carbonyl (C=O) groups is 3. The topological polar surface area (TPSA) is 294 Å². The van der Waals surface area contributed by atoms with Crippen molar-refractivity contribution in [3.8, 4) is 69.0 Å². The average molecular weight is 582 g/mol. The summed E-state index contributed by atoms with van der Waals surface area (Å²) in [7, 11) is 0. The Kier molecular flexibility index (Phi) is 6.72. The van der Waals surface area contributed by atoms with Gasteiger partial charge in [0.2, 0.25) is 34.6 Å². The number of hydrogen-bond acceptors (Lipinski definition) is 15. The number of carbonyl (C=O) groups excluding carboxylic acids is 3. The molecule has 15 heteroatoms. The lowest BCUT2D eigenvalue weighted by molar-refractivity contribution is 0.102. The monoisotopic (exact) mass is 582 g/mol. The van der Waals surface area contributed by atoms with Gasteiger partial charge in [0, 0.05) is 0 Å². The van der Waals surface area contributed by atoms with Gasteiger partial charge < -0.3 is 61.3 Å². The van der Waals surface area contributed by atoms with Gasteiger partial charge in [-0.05, 0) is 36.4 Å². The molecule has 12 N–H and O–H groups in total. The zero-order chi connectivity index (χ0) is 31.4. The van der Waals surface area contributed by atoms with Crippen LogP contribution in [-0.2, 0) is 0 Å². The lowest BCUT2D eigenvalue weighted by atomic mass is 9.88. The van der Waals surface area contributed by atoms with Crippen LogP contribution < -0.4 is 0 Å². The predicted molar refractivity (Wildman–Crippen MR) is 136 cm³/mol. The van der Waals surface area contributed by atoms with E-state index in [1.54, 1.807) is 0 Å². The van der Waals surface area contributed by atoms with E-state index < -0.39 is 120 Å². The van der Waals surface area contributed by atoms with Crippen molar-refractivity contribution in [2.45, 2.75) is 0 Å². The number of phenolic OH excluding ortho intramolecular Hbond substituents is 12.